The number of methoxy groups -OCH3 is 1. The molecular weight excluding hydrogens is 390 g/mol. The Kier molecular flexibility index (Phi) is 5.69. The van der Waals surface area contributed by atoms with Gasteiger partial charge in [-0.3, -0.25) is 9.78 Å². The van der Waals surface area contributed by atoms with Gasteiger partial charge in [-0.1, -0.05) is 23.7 Å². The van der Waals surface area contributed by atoms with Gasteiger partial charge in [0.2, 0.25) is 0 Å². The first kappa shape index (κ1) is 19.3. The molecule has 1 fully saturated rings. The lowest BCUT2D eigenvalue weighted by molar-refractivity contribution is -0.143. The largest absolute Gasteiger partial charge is 0.468 e. The fourth-order valence-corrected chi connectivity index (χ4v) is 3.37. The zero-order valence-corrected chi connectivity index (χ0v) is 16.6. The fourth-order valence-electron chi connectivity index (χ4n) is 3.25. The van der Waals surface area contributed by atoms with Crippen molar-refractivity contribution < 1.29 is 9.53 Å². The molecule has 148 valence electrons. The number of aromatic nitrogens is 3. The molecule has 1 N–H and O–H groups in total. The Bertz CT molecular complexity index is 998. The van der Waals surface area contributed by atoms with Gasteiger partial charge < -0.3 is 15.0 Å². The van der Waals surface area contributed by atoms with Crippen molar-refractivity contribution in [2.75, 3.05) is 31.6 Å². The molecule has 0 amide bonds. The Morgan fingerprint density at radius 1 is 1.21 bits per heavy atom. The van der Waals surface area contributed by atoms with Crippen LogP contribution in [0.15, 0.2) is 54.9 Å². The fraction of sp³-hybridized carbons (Fsp3) is 0.238. The van der Waals surface area contributed by atoms with Crippen LogP contribution in [0, 0.1) is 0 Å². The van der Waals surface area contributed by atoms with Crippen molar-refractivity contribution in [3.63, 3.8) is 0 Å². The molecule has 1 aliphatic heterocycles. The van der Waals surface area contributed by atoms with Gasteiger partial charge in [0, 0.05) is 54.2 Å². The smallest absolute Gasteiger partial charge is 0.324 e. The molecule has 1 aliphatic rings. The van der Waals surface area contributed by atoms with Gasteiger partial charge in [0.1, 0.15) is 11.9 Å². The second-order valence-electron chi connectivity index (χ2n) is 6.66. The van der Waals surface area contributed by atoms with Crippen molar-refractivity contribution in [3.05, 3.63) is 59.9 Å². The first-order chi connectivity index (χ1) is 14.1. The quantitative estimate of drug-likeness (QED) is 0.663. The van der Waals surface area contributed by atoms with Crippen LogP contribution < -0.4 is 10.2 Å². The zero-order chi connectivity index (χ0) is 20.2. The lowest BCUT2D eigenvalue weighted by Gasteiger charge is -2.33. The van der Waals surface area contributed by atoms with Crippen LogP contribution in [0.25, 0.3) is 22.6 Å². The molecule has 0 radical (unpaired) electrons. The van der Waals surface area contributed by atoms with Gasteiger partial charge in [-0.25, -0.2) is 9.97 Å². The van der Waals surface area contributed by atoms with Crippen molar-refractivity contribution in [1.82, 2.24) is 20.3 Å². The Morgan fingerprint density at radius 2 is 2.03 bits per heavy atom. The van der Waals surface area contributed by atoms with Gasteiger partial charge in [-0.15, -0.1) is 0 Å². The molecule has 7 nitrogen and oxygen atoms in total. The summed E-state index contributed by atoms with van der Waals surface area (Å²) in [6, 6.07) is 12.8. The standard InChI is InChI=1S/C21H20ClN5O2/c1-29-21(28)18-13-27(10-9-24-18)19-11-17(14-4-6-16(22)7-5-14)25-20(26-19)15-3-2-8-23-12-15/h2-8,11-12,18,24H,9-10,13H2,1H3/t18-/m1/s1. The molecule has 0 bridgehead atoms. The average Bonchev–Trinajstić information content (AvgIpc) is 2.79. The number of rotatable bonds is 4. The number of hydrogen-bond donors (Lipinski definition) is 1. The van der Waals surface area contributed by atoms with E-state index in [0.29, 0.717) is 23.9 Å². The predicted molar refractivity (Wildman–Crippen MR) is 112 cm³/mol. The van der Waals surface area contributed by atoms with E-state index < -0.39 is 6.04 Å². The molecule has 0 unspecified atom stereocenters. The summed E-state index contributed by atoms with van der Waals surface area (Å²) in [5.41, 5.74) is 2.53. The normalized spacial score (nSPS) is 16.5. The van der Waals surface area contributed by atoms with Crippen molar-refractivity contribution in [2.24, 2.45) is 0 Å². The van der Waals surface area contributed by atoms with Crippen LogP contribution in [0.1, 0.15) is 0 Å². The van der Waals surface area contributed by atoms with Gasteiger partial charge in [-0.05, 0) is 24.3 Å². The van der Waals surface area contributed by atoms with Crippen LogP contribution in [0.2, 0.25) is 5.02 Å². The number of halogens is 1. The van der Waals surface area contributed by atoms with Crippen molar-refractivity contribution in [2.45, 2.75) is 6.04 Å². The SMILES string of the molecule is COC(=O)[C@H]1CN(c2cc(-c3ccc(Cl)cc3)nc(-c3cccnc3)n2)CCN1. The molecule has 2 aromatic heterocycles. The molecular formula is C21H20ClN5O2. The minimum Gasteiger partial charge on any atom is -0.468 e. The molecule has 3 heterocycles. The number of anilines is 1. The summed E-state index contributed by atoms with van der Waals surface area (Å²) >= 11 is 6.04. The maximum atomic E-state index is 12.0. The minimum absolute atomic E-state index is 0.283. The van der Waals surface area contributed by atoms with Crippen LogP contribution in [-0.4, -0.2) is 53.7 Å². The minimum atomic E-state index is -0.399. The van der Waals surface area contributed by atoms with E-state index in [-0.39, 0.29) is 5.97 Å². The number of nitrogens with zero attached hydrogens (tertiary/aromatic N) is 4. The van der Waals surface area contributed by atoms with E-state index in [1.165, 1.54) is 7.11 Å². The summed E-state index contributed by atoms with van der Waals surface area (Å²) in [5.74, 6) is 1.04. The monoisotopic (exact) mass is 409 g/mol. The van der Waals surface area contributed by atoms with Gasteiger partial charge in [0.25, 0.3) is 0 Å². The van der Waals surface area contributed by atoms with Crippen LogP contribution in [0.5, 0.6) is 0 Å². The summed E-state index contributed by atoms with van der Waals surface area (Å²) in [4.78, 5) is 27.7. The summed E-state index contributed by atoms with van der Waals surface area (Å²) in [6.45, 7) is 1.84. The summed E-state index contributed by atoms with van der Waals surface area (Å²) in [7, 11) is 1.40. The van der Waals surface area contributed by atoms with Gasteiger partial charge in [-0.2, -0.15) is 0 Å². The molecule has 8 heteroatoms. The molecule has 1 saturated heterocycles. The third-order valence-electron chi connectivity index (χ3n) is 4.76. The maximum Gasteiger partial charge on any atom is 0.324 e. The molecule has 4 rings (SSSR count). The molecule has 1 aromatic carbocycles. The average molecular weight is 410 g/mol. The Labute approximate surface area is 173 Å². The molecule has 1 atom stereocenters. The number of carbonyl (C=O) groups excluding carboxylic acids is 1. The summed E-state index contributed by atoms with van der Waals surface area (Å²) in [5, 5.41) is 3.85. The maximum absolute atomic E-state index is 12.0. The van der Waals surface area contributed by atoms with Crippen LogP contribution >= 0.6 is 11.6 Å². The van der Waals surface area contributed by atoms with Gasteiger partial charge in [0.05, 0.1) is 12.8 Å². The first-order valence-corrected chi connectivity index (χ1v) is 9.63. The van der Waals surface area contributed by atoms with E-state index >= 15 is 0 Å². The van der Waals surface area contributed by atoms with E-state index in [0.717, 1.165) is 29.2 Å². The van der Waals surface area contributed by atoms with Crippen LogP contribution in [0.4, 0.5) is 5.82 Å². The highest BCUT2D eigenvalue weighted by atomic mass is 35.5. The number of esters is 1. The first-order valence-electron chi connectivity index (χ1n) is 9.25. The number of ether oxygens (including phenoxy) is 1. The van der Waals surface area contributed by atoms with Crippen LogP contribution in [-0.2, 0) is 9.53 Å². The highest BCUT2D eigenvalue weighted by Gasteiger charge is 2.27. The lowest BCUT2D eigenvalue weighted by atomic mass is 10.1. The summed E-state index contributed by atoms with van der Waals surface area (Å²) in [6.07, 6.45) is 3.45. The third kappa shape index (κ3) is 4.36. The molecule has 0 aliphatic carbocycles. The van der Waals surface area contributed by atoms with E-state index in [9.17, 15) is 4.79 Å². The van der Waals surface area contributed by atoms with E-state index in [1.54, 1.807) is 12.4 Å². The Hall–Kier alpha value is -3.03. The van der Waals surface area contributed by atoms with E-state index in [2.05, 4.69) is 15.2 Å². The molecule has 0 saturated carbocycles. The highest BCUT2D eigenvalue weighted by Crippen LogP contribution is 2.27. The van der Waals surface area contributed by atoms with E-state index in [1.807, 2.05) is 42.5 Å². The number of nitrogens with one attached hydrogen (secondary N) is 1. The number of pyridine rings is 1. The number of benzene rings is 1. The number of piperazine rings is 1. The van der Waals surface area contributed by atoms with Crippen LogP contribution in [0.3, 0.4) is 0 Å². The van der Waals surface area contributed by atoms with E-state index in [4.69, 9.17) is 26.3 Å². The van der Waals surface area contributed by atoms with Gasteiger partial charge >= 0.3 is 5.97 Å². The van der Waals surface area contributed by atoms with Crippen molar-refractivity contribution in [3.8, 4) is 22.6 Å². The zero-order valence-electron chi connectivity index (χ0n) is 15.9. The van der Waals surface area contributed by atoms with Gasteiger partial charge in [0.15, 0.2) is 5.82 Å². The number of hydrogen-bond acceptors (Lipinski definition) is 7. The van der Waals surface area contributed by atoms with Crippen molar-refractivity contribution in [1.29, 1.82) is 0 Å². The lowest BCUT2D eigenvalue weighted by Crippen LogP contribution is -2.54. The number of carbonyl (C=O) groups is 1. The molecule has 29 heavy (non-hydrogen) atoms. The predicted octanol–water partition coefficient (Wildman–Crippen LogP) is 2.81. The molecule has 3 aromatic rings. The highest BCUT2D eigenvalue weighted by molar-refractivity contribution is 6.30. The summed E-state index contributed by atoms with van der Waals surface area (Å²) < 4.78 is 4.89. The third-order valence-corrected chi connectivity index (χ3v) is 5.01. The van der Waals surface area contributed by atoms with Crippen molar-refractivity contribution >= 4 is 23.4 Å². The second kappa shape index (κ2) is 8.55. The Balaban J connectivity index is 1.75. The second-order valence-corrected chi connectivity index (χ2v) is 7.10. The topological polar surface area (TPSA) is 80.2 Å². The molecule has 0 spiro atoms. The Morgan fingerprint density at radius 3 is 2.76 bits per heavy atom.